The van der Waals surface area contributed by atoms with Gasteiger partial charge in [0.05, 0.1) is 4.92 Å². The lowest BCUT2D eigenvalue weighted by atomic mass is 10.1. The Bertz CT molecular complexity index is 425. The van der Waals surface area contributed by atoms with Gasteiger partial charge in [0.2, 0.25) is 11.8 Å². The second-order valence-corrected chi connectivity index (χ2v) is 4.50. The number of aromatic nitrogens is 2. The van der Waals surface area contributed by atoms with Crippen LogP contribution in [0.25, 0.3) is 0 Å². The molecule has 0 unspecified atom stereocenters. The number of rotatable bonds is 2. The van der Waals surface area contributed by atoms with E-state index in [9.17, 15) is 10.1 Å². The Labute approximate surface area is 93.2 Å². The van der Waals surface area contributed by atoms with Gasteiger partial charge in [0.1, 0.15) is 5.69 Å². The van der Waals surface area contributed by atoms with Crippen LogP contribution in [-0.2, 0) is 0 Å². The SMILES string of the molecule is Cc1nc(N)nc(NC(C)(C)C)c1[N+](=O)[O-]. The minimum absolute atomic E-state index is 0.0230. The zero-order chi connectivity index (χ0) is 12.5. The molecule has 7 heteroatoms. The van der Waals surface area contributed by atoms with Gasteiger partial charge in [-0.05, 0) is 27.7 Å². The average molecular weight is 225 g/mol. The van der Waals surface area contributed by atoms with Crippen molar-refractivity contribution in [2.45, 2.75) is 33.2 Å². The van der Waals surface area contributed by atoms with E-state index in [2.05, 4.69) is 15.3 Å². The highest BCUT2D eigenvalue weighted by Crippen LogP contribution is 2.27. The van der Waals surface area contributed by atoms with Crippen LogP contribution >= 0.6 is 0 Å². The number of nitro groups is 1. The van der Waals surface area contributed by atoms with Gasteiger partial charge >= 0.3 is 5.69 Å². The van der Waals surface area contributed by atoms with Crippen LogP contribution in [-0.4, -0.2) is 20.4 Å². The summed E-state index contributed by atoms with van der Waals surface area (Å²) in [5.41, 5.74) is 5.25. The van der Waals surface area contributed by atoms with Crippen LogP contribution in [0.3, 0.4) is 0 Å². The minimum atomic E-state index is -0.511. The van der Waals surface area contributed by atoms with Gasteiger partial charge in [-0.15, -0.1) is 0 Å². The molecule has 0 spiro atoms. The van der Waals surface area contributed by atoms with Crippen molar-refractivity contribution in [2.75, 3.05) is 11.1 Å². The Balaban J connectivity index is 3.30. The van der Waals surface area contributed by atoms with Crippen LogP contribution in [0.5, 0.6) is 0 Å². The molecule has 16 heavy (non-hydrogen) atoms. The Morgan fingerprint density at radius 2 is 1.94 bits per heavy atom. The second-order valence-electron chi connectivity index (χ2n) is 4.50. The highest BCUT2D eigenvalue weighted by molar-refractivity contribution is 5.61. The molecular formula is C9H15N5O2. The van der Waals surface area contributed by atoms with E-state index in [4.69, 9.17) is 5.73 Å². The summed E-state index contributed by atoms with van der Waals surface area (Å²) in [7, 11) is 0. The van der Waals surface area contributed by atoms with E-state index in [1.807, 2.05) is 20.8 Å². The fourth-order valence-electron chi connectivity index (χ4n) is 1.25. The highest BCUT2D eigenvalue weighted by atomic mass is 16.6. The van der Waals surface area contributed by atoms with Crippen molar-refractivity contribution in [1.29, 1.82) is 0 Å². The first-order valence-corrected chi connectivity index (χ1v) is 4.77. The first kappa shape index (κ1) is 12.2. The molecule has 0 amide bonds. The molecule has 88 valence electrons. The highest BCUT2D eigenvalue weighted by Gasteiger charge is 2.24. The molecule has 3 N–H and O–H groups in total. The summed E-state index contributed by atoms with van der Waals surface area (Å²) in [6, 6.07) is 0. The molecule has 1 aromatic heterocycles. The molecule has 0 atom stereocenters. The van der Waals surface area contributed by atoms with Gasteiger partial charge in [-0.25, -0.2) is 4.98 Å². The Morgan fingerprint density at radius 3 is 2.38 bits per heavy atom. The van der Waals surface area contributed by atoms with Crippen LogP contribution < -0.4 is 11.1 Å². The van der Waals surface area contributed by atoms with Crippen molar-refractivity contribution in [2.24, 2.45) is 0 Å². The fraction of sp³-hybridized carbons (Fsp3) is 0.556. The molecule has 0 fully saturated rings. The quantitative estimate of drug-likeness (QED) is 0.583. The maximum atomic E-state index is 10.9. The molecular weight excluding hydrogens is 210 g/mol. The Hall–Kier alpha value is -1.92. The third-order valence-corrected chi connectivity index (χ3v) is 1.75. The summed E-state index contributed by atoms with van der Waals surface area (Å²) < 4.78 is 0. The molecule has 0 aliphatic carbocycles. The predicted octanol–water partition coefficient (Wildman–Crippen LogP) is 1.49. The molecule has 0 aliphatic heterocycles. The number of anilines is 2. The lowest BCUT2D eigenvalue weighted by Crippen LogP contribution is -2.27. The number of nitrogens with zero attached hydrogens (tertiary/aromatic N) is 3. The standard InChI is InChI=1S/C9H15N5O2/c1-5-6(14(15)16)7(12-8(10)11-5)13-9(2,3)4/h1-4H3,(H3,10,11,12,13). The van der Waals surface area contributed by atoms with E-state index >= 15 is 0 Å². The van der Waals surface area contributed by atoms with Crippen LogP contribution in [0.15, 0.2) is 0 Å². The van der Waals surface area contributed by atoms with Gasteiger partial charge in [-0.2, -0.15) is 4.98 Å². The van der Waals surface area contributed by atoms with Crippen LogP contribution in [0.1, 0.15) is 26.5 Å². The molecule has 1 rings (SSSR count). The lowest BCUT2D eigenvalue weighted by molar-refractivity contribution is -0.385. The monoisotopic (exact) mass is 225 g/mol. The van der Waals surface area contributed by atoms with E-state index < -0.39 is 4.92 Å². The third kappa shape index (κ3) is 2.78. The van der Waals surface area contributed by atoms with Crippen molar-refractivity contribution < 1.29 is 4.92 Å². The van der Waals surface area contributed by atoms with E-state index in [1.54, 1.807) is 0 Å². The van der Waals surface area contributed by atoms with E-state index in [1.165, 1.54) is 6.92 Å². The number of nitrogen functional groups attached to an aromatic ring is 1. The molecule has 0 saturated heterocycles. The molecule has 7 nitrogen and oxygen atoms in total. The van der Waals surface area contributed by atoms with Crippen molar-refractivity contribution in [3.05, 3.63) is 15.8 Å². The lowest BCUT2D eigenvalue weighted by Gasteiger charge is -2.21. The topological polar surface area (TPSA) is 107 Å². The van der Waals surface area contributed by atoms with Gasteiger partial charge in [0.15, 0.2) is 0 Å². The Morgan fingerprint density at radius 1 is 1.38 bits per heavy atom. The van der Waals surface area contributed by atoms with Gasteiger partial charge in [-0.1, -0.05) is 0 Å². The summed E-state index contributed by atoms with van der Waals surface area (Å²) in [6.07, 6.45) is 0. The number of nitrogens with two attached hydrogens (primary N) is 1. The largest absolute Gasteiger partial charge is 0.368 e. The predicted molar refractivity (Wildman–Crippen MR) is 61.2 cm³/mol. The second kappa shape index (κ2) is 3.92. The first-order valence-electron chi connectivity index (χ1n) is 4.77. The van der Waals surface area contributed by atoms with E-state index in [-0.39, 0.29) is 28.7 Å². The zero-order valence-corrected chi connectivity index (χ0v) is 9.74. The molecule has 0 aromatic carbocycles. The number of hydrogen-bond acceptors (Lipinski definition) is 6. The van der Waals surface area contributed by atoms with Crippen LogP contribution in [0, 0.1) is 17.0 Å². The van der Waals surface area contributed by atoms with E-state index in [0.717, 1.165) is 0 Å². The summed E-state index contributed by atoms with van der Waals surface area (Å²) in [6.45, 7) is 7.17. The summed E-state index contributed by atoms with van der Waals surface area (Å²) >= 11 is 0. The number of hydrogen-bond donors (Lipinski definition) is 2. The van der Waals surface area contributed by atoms with Crippen molar-refractivity contribution in [1.82, 2.24) is 9.97 Å². The number of nitrogens with one attached hydrogen (secondary N) is 1. The number of aryl methyl sites for hydroxylation is 1. The molecule has 0 aliphatic rings. The fourth-order valence-corrected chi connectivity index (χ4v) is 1.25. The maximum Gasteiger partial charge on any atom is 0.332 e. The van der Waals surface area contributed by atoms with Gasteiger partial charge in [-0.3, -0.25) is 10.1 Å². The maximum absolute atomic E-state index is 10.9. The molecule has 0 bridgehead atoms. The van der Waals surface area contributed by atoms with Crippen molar-refractivity contribution in [3.63, 3.8) is 0 Å². The minimum Gasteiger partial charge on any atom is -0.368 e. The molecule has 0 radical (unpaired) electrons. The normalized spacial score (nSPS) is 11.2. The molecule has 1 heterocycles. The summed E-state index contributed by atoms with van der Waals surface area (Å²) in [4.78, 5) is 18.0. The first-order chi connectivity index (χ1) is 7.20. The Kier molecular flexibility index (Phi) is 2.97. The van der Waals surface area contributed by atoms with Crippen molar-refractivity contribution in [3.8, 4) is 0 Å². The summed E-state index contributed by atoms with van der Waals surface area (Å²) in [5, 5.41) is 13.8. The van der Waals surface area contributed by atoms with Gasteiger partial charge in [0.25, 0.3) is 0 Å². The van der Waals surface area contributed by atoms with Crippen molar-refractivity contribution >= 4 is 17.5 Å². The zero-order valence-electron chi connectivity index (χ0n) is 9.74. The molecule has 1 aromatic rings. The summed E-state index contributed by atoms with van der Waals surface area (Å²) in [5.74, 6) is 0.178. The average Bonchev–Trinajstić information content (AvgIpc) is 1.96. The van der Waals surface area contributed by atoms with Crippen LogP contribution in [0.4, 0.5) is 17.5 Å². The smallest absolute Gasteiger partial charge is 0.332 e. The van der Waals surface area contributed by atoms with Gasteiger partial charge < -0.3 is 11.1 Å². The molecule has 0 saturated carbocycles. The van der Waals surface area contributed by atoms with E-state index in [0.29, 0.717) is 0 Å². The van der Waals surface area contributed by atoms with Crippen LogP contribution in [0.2, 0.25) is 0 Å². The third-order valence-electron chi connectivity index (χ3n) is 1.75. The van der Waals surface area contributed by atoms with Gasteiger partial charge in [0, 0.05) is 5.54 Å².